The fraction of sp³-hybridized carbons (Fsp3) is 0.600. The summed E-state index contributed by atoms with van der Waals surface area (Å²) in [5.74, 6) is -0.0407. The number of hydrogen-bond acceptors (Lipinski definition) is 3. The first-order valence-electron chi connectivity index (χ1n) is 7.17. The third-order valence-corrected chi connectivity index (χ3v) is 5.48. The monoisotopic (exact) mass is 312 g/mol. The van der Waals surface area contributed by atoms with E-state index in [2.05, 4.69) is 36.8 Å². The van der Waals surface area contributed by atoms with Crippen LogP contribution in [0.3, 0.4) is 0 Å². The molecule has 1 fully saturated rings. The van der Waals surface area contributed by atoms with Gasteiger partial charge in [-0.1, -0.05) is 13.5 Å². The number of carbonyl (C=O) groups is 1. The Morgan fingerprint density at radius 1 is 1.48 bits per heavy atom. The van der Waals surface area contributed by atoms with Crippen molar-refractivity contribution < 1.29 is 14.6 Å². The number of aliphatic hydroxyl groups is 1. The first-order valence-corrected chi connectivity index (χ1v) is 10.2. The van der Waals surface area contributed by atoms with Crippen LogP contribution in [0.4, 0.5) is 4.79 Å². The molecule has 0 saturated carbocycles. The molecule has 21 heavy (non-hydrogen) atoms. The molecular weight excluding hydrogens is 287 g/mol. The van der Waals surface area contributed by atoms with Gasteiger partial charge >= 0.3 is 6.03 Å². The molecule has 118 valence electrons. The van der Waals surface area contributed by atoms with Crippen LogP contribution >= 0.6 is 6.89 Å². The minimum atomic E-state index is -1.13. The van der Waals surface area contributed by atoms with Crippen LogP contribution in [-0.2, 0) is 4.74 Å². The van der Waals surface area contributed by atoms with Crippen molar-refractivity contribution in [3.05, 3.63) is 24.0 Å². The lowest BCUT2D eigenvalue weighted by Gasteiger charge is -2.25. The second-order valence-electron chi connectivity index (χ2n) is 6.57. The summed E-state index contributed by atoms with van der Waals surface area (Å²) in [4.78, 5) is 11.2. The summed E-state index contributed by atoms with van der Waals surface area (Å²) in [6.45, 7) is 9.05. The molecule has 6 heteroatoms. The quantitative estimate of drug-likeness (QED) is 0.690. The second-order valence-corrected chi connectivity index (χ2v) is 10.9. The van der Waals surface area contributed by atoms with Crippen molar-refractivity contribution in [3.63, 3.8) is 0 Å². The van der Waals surface area contributed by atoms with Gasteiger partial charge < -0.3 is 20.5 Å². The minimum absolute atomic E-state index is 0.0407. The molecule has 2 rings (SSSR count). The van der Waals surface area contributed by atoms with Crippen LogP contribution in [-0.4, -0.2) is 55.2 Å². The van der Waals surface area contributed by atoms with E-state index >= 15 is 0 Å². The third kappa shape index (κ3) is 3.79. The summed E-state index contributed by atoms with van der Waals surface area (Å²) < 4.78 is 6.05. The van der Waals surface area contributed by atoms with Gasteiger partial charge in [0.05, 0.1) is 18.3 Å². The van der Waals surface area contributed by atoms with Crippen molar-refractivity contribution in [2.24, 2.45) is 5.92 Å². The first-order chi connectivity index (χ1) is 9.69. The lowest BCUT2D eigenvalue weighted by Crippen LogP contribution is -2.40. The highest BCUT2D eigenvalue weighted by molar-refractivity contribution is 7.72. The lowest BCUT2D eigenvalue weighted by atomic mass is 9.92. The SMILES string of the molecule is C=C1NC(=O)NC=C1C1OC(CCP(=C)(C)C)[C@@H](O)[C@H]1C. The van der Waals surface area contributed by atoms with Gasteiger partial charge in [-0.2, -0.15) is 0 Å². The molecule has 3 N–H and O–H groups in total. The molecule has 0 aromatic rings. The maximum absolute atomic E-state index is 11.2. The number of urea groups is 1. The van der Waals surface area contributed by atoms with Crippen LogP contribution in [0.15, 0.2) is 24.0 Å². The van der Waals surface area contributed by atoms with E-state index in [-0.39, 0.29) is 24.2 Å². The molecule has 0 aromatic heterocycles. The van der Waals surface area contributed by atoms with Crippen LogP contribution in [0.1, 0.15) is 13.3 Å². The summed E-state index contributed by atoms with van der Waals surface area (Å²) in [7, 11) is 0. The standard InChI is InChI=1S/C15H25N2O3P/c1-9-13(18)12(6-7-21(3,4)5)20-14(9)11-8-16-15(19)17-10(11)2/h8-9,12-14,18H,2-3,6-7H2,1,4-5H3,(H2,16,17,19)/t9-,12?,13+,14?/m1/s1. The van der Waals surface area contributed by atoms with E-state index in [0.29, 0.717) is 5.70 Å². The average molecular weight is 312 g/mol. The lowest BCUT2D eigenvalue weighted by molar-refractivity contribution is 0.0201. The van der Waals surface area contributed by atoms with Crippen LogP contribution in [0.5, 0.6) is 0 Å². The molecule has 0 radical (unpaired) electrons. The Morgan fingerprint density at radius 3 is 2.71 bits per heavy atom. The van der Waals surface area contributed by atoms with Crippen molar-refractivity contribution in [1.29, 1.82) is 0 Å². The summed E-state index contributed by atoms with van der Waals surface area (Å²) in [6.07, 6.45) is 6.67. The number of carbonyl (C=O) groups excluding carboxylic acids is 1. The Labute approximate surface area is 126 Å². The van der Waals surface area contributed by atoms with Crippen molar-refractivity contribution in [1.82, 2.24) is 10.6 Å². The predicted molar refractivity (Wildman–Crippen MR) is 88.1 cm³/mol. The molecule has 2 heterocycles. The van der Waals surface area contributed by atoms with E-state index in [1.807, 2.05) is 6.92 Å². The van der Waals surface area contributed by atoms with Crippen LogP contribution in [0, 0.1) is 5.92 Å². The van der Waals surface area contributed by atoms with Crippen molar-refractivity contribution >= 4 is 19.2 Å². The molecule has 1 saturated heterocycles. The Morgan fingerprint density at radius 2 is 2.14 bits per heavy atom. The van der Waals surface area contributed by atoms with Crippen LogP contribution in [0.25, 0.3) is 0 Å². The van der Waals surface area contributed by atoms with Gasteiger partial charge in [0, 0.05) is 23.4 Å². The predicted octanol–water partition coefficient (Wildman–Crippen LogP) is 1.56. The molecule has 0 aliphatic carbocycles. The van der Waals surface area contributed by atoms with E-state index in [1.54, 1.807) is 6.20 Å². The Kier molecular flexibility index (Phi) is 4.66. The number of aliphatic hydroxyl groups excluding tert-OH is 1. The Hall–Kier alpha value is -1.03. The smallest absolute Gasteiger partial charge is 0.323 e. The van der Waals surface area contributed by atoms with Gasteiger partial charge in [0.2, 0.25) is 0 Å². The molecular formula is C15H25N2O3P. The molecule has 5 nitrogen and oxygen atoms in total. The fourth-order valence-corrected chi connectivity index (χ4v) is 3.67. The zero-order chi connectivity index (χ0) is 15.8. The van der Waals surface area contributed by atoms with Crippen molar-refractivity contribution in [2.45, 2.75) is 31.7 Å². The van der Waals surface area contributed by atoms with E-state index in [1.165, 1.54) is 0 Å². The molecule has 2 aliphatic rings. The van der Waals surface area contributed by atoms with Gasteiger partial charge in [-0.3, -0.25) is 0 Å². The van der Waals surface area contributed by atoms with Gasteiger partial charge in [-0.05, 0) is 25.9 Å². The van der Waals surface area contributed by atoms with Crippen LogP contribution in [0.2, 0.25) is 0 Å². The maximum atomic E-state index is 11.2. The van der Waals surface area contributed by atoms with E-state index in [9.17, 15) is 9.90 Å². The maximum Gasteiger partial charge on any atom is 0.323 e. The van der Waals surface area contributed by atoms with E-state index in [4.69, 9.17) is 4.74 Å². The summed E-state index contributed by atoms with van der Waals surface area (Å²) in [6, 6.07) is -0.296. The molecule has 2 amide bonds. The summed E-state index contributed by atoms with van der Waals surface area (Å²) >= 11 is 0. The average Bonchev–Trinajstić information content (AvgIpc) is 2.64. The number of nitrogens with one attached hydrogen (secondary N) is 2. The van der Waals surface area contributed by atoms with Crippen LogP contribution < -0.4 is 10.6 Å². The van der Waals surface area contributed by atoms with E-state index in [0.717, 1.165) is 18.2 Å². The number of amides is 2. The van der Waals surface area contributed by atoms with Gasteiger partial charge in [-0.15, -0.1) is 13.2 Å². The van der Waals surface area contributed by atoms with Gasteiger partial charge in [0.25, 0.3) is 0 Å². The third-order valence-electron chi connectivity index (χ3n) is 4.02. The molecule has 4 atom stereocenters. The first kappa shape index (κ1) is 16.3. The van der Waals surface area contributed by atoms with Crippen molar-refractivity contribution in [3.8, 4) is 0 Å². The molecule has 0 aromatic carbocycles. The topological polar surface area (TPSA) is 70.6 Å². The molecule has 0 spiro atoms. The highest BCUT2D eigenvalue weighted by Gasteiger charge is 2.43. The highest BCUT2D eigenvalue weighted by Crippen LogP contribution is 2.40. The van der Waals surface area contributed by atoms with Gasteiger partial charge in [-0.25, -0.2) is 4.79 Å². The van der Waals surface area contributed by atoms with Crippen molar-refractivity contribution in [2.75, 3.05) is 19.5 Å². The zero-order valence-electron chi connectivity index (χ0n) is 12.9. The molecule has 2 unspecified atom stereocenters. The normalized spacial score (nSPS) is 33.4. The number of rotatable bonds is 4. The highest BCUT2D eigenvalue weighted by atomic mass is 31.2. The number of ether oxygens (including phenoxy) is 1. The van der Waals surface area contributed by atoms with E-state index < -0.39 is 13.0 Å². The fourth-order valence-electron chi connectivity index (χ4n) is 2.71. The van der Waals surface area contributed by atoms with Gasteiger partial charge in [0.15, 0.2) is 0 Å². The minimum Gasteiger partial charge on any atom is -0.390 e. The second kappa shape index (κ2) is 5.99. The largest absolute Gasteiger partial charge is 0.390 e. The zero-order valence-corrected chi connectivity index (χ0v) is 13.8. The summed E-state index contributed by atoms with van der Waals surface area (Å²) in [5, 5.41) is 15.6. The molecule has 2 aliphatic heterocycles. The Bertz CT molecular complexity index is 523. The Balaban J connectivity index is 2.08. The molecule has 0 bridgehead atoms. The van der Waals surface area contributed by atoms with Gasteiger partial charge in [0.1, 0.15) is 0 Å². The number of hydrogen-bond donors (Lipinski definition) is 3. The summed E-state index contributed by atoms with van der Waals surface area (Å²) in [5.41, 5.74) is 1.33.